The van der Waals surface area contributed by atoms with Crippen LogP contribution in [0.4, 0.5) is 0 Å². The van der Waals surface area contributed by atoms with Crippen molar-refractivity contribution in [1.29, 1.82) is 0 Å². The Morgan fingerprint density at radius 3 is 2.60 bits per heavy atom. The zero-order valence-corrected chi connectivity index (χ0v) is 9.85. The summed E-state index contributed by atoms with van der Waals surface area (Å²) in [7, 11) is 0. The molecule has 1 saturated carbocycles. The fourth-order valence-electron chi connectivity index (χ4n) is 1.88. The molecule has 0 aliphatic heterocycles. The minimum atomic E-state index is -0.0842. The van der Waals surface area contributed by atoms with E-state index in [0.29, 0.717) is 13.0 Å². The Hall–Kier alpha value is -0.570. The van der Waals surface area contributed by atoms with Gasteiger partial charge < -0.3 is 11.1 Å². The highest BCUT2D eigenvalue weighted by atomic mass is 16.1. The smallest absolute Gasteiger partial charge is 0.220 e. The number of carbonyl (C=O) groups is 1. The lowest BCUT2D eigenvalue weighted by molar-refractivity contribution is -0.121. The molecule has 0 unspecified atom stereocenters. The van der Waals surface area contributed by atoms with Crippen LogP contribution < -0.4 is 11.1 Å². The van der Waals surface area contributed by atoms with Crippen molar-refractivity contribution in [2.24, 2.45) is 5.73 Å². The molecule has 1 aliphatic rings. The van der Waals surface area contributed by atoms with E-state index in [1.54, 1.807) is 0 Å². The van der Waals surface area contributed by atoms with E-state index in [0.717, 1.165) is 25.7 Å². The fourth-order valence-corrected chi connectivity index (χ4v) is 1.88. The van der Waals surface area contributed by atoms with Crippen LogP contribution in [-0.2, 0) is 4.79 Å². The van der Waals surface area contributed by atoms with Crippen LogP contribution in [0, 0.1) is 0 Å². The first-order valence-electron chi connectivity index (χ1n) is 6.22. The Bertz CT molecular complexity index is 200. The Morgan fingerprint density at radius 2 is 2.07 bits per heavy atom. The van der Waals surface area contributed by atoms with Crippen molar-refractivity contribution in [3.8, 4) is 0 Å². The maximum absolute atomic E-state index is 11.4. The number of amides is 1. The number of hydrogen-bond acceptors (Lipinski definition) is 2. The summed E-state index contributed by atoms with van der Waals surface area (Å²) in [5.41, 5.74) is 5.93. The van der Waals surface area contributed by atoms with E-state index in [1.807, 2.05) is 0 Å². The molecule has 15 heavy (non-hydrogen) atoms. The molecule has 0 heterocycles. The maximum atomic E-state index is 11.4. The molecule has 1 amide bonds. The minimum absolute atomic E-state index is 0.0842. The van der Waals surface area contributed by atoms with E-state index < -0.39 is 0 Å². The van der Waals surface area contributed by atoms with Gasteiger partial charge in [0.25, 0.3) is 0 Å². The molecule has 1 fully saturated rings. The van der Waals surface area contributed by atoms with E-state index in [2.05, 4.69) is 12.2 Å². The third-order valence-corrected chi connectivity index (χ3v) is 3.24. The summed E-state index contributed by atoms with van der Waals surface area (Å²) in [6.07, 6.45) is 8.61. The predicted molar refractivity (Wildman–Crippen MR) is 62.5 cm³/mol. The first kappa shape index (κ1) is 12.5. The minimum Gasteiger partial charge on any atom is -0.354 e. The highest BCUT2D eigenvalue weighted by Gasteiger charge is 2.32. The highest BCUT2D eigenvalue weighted by molar-refractivity contribution is 5.75. The van der Waals surface area contributed by atoms with E-state index in [1.165, 1.54) is 19.3 Å². The standard InChI is InChI=1S/C12H24N2O/c1-2-3-4-5-7-11(15)14-10-12(13)8-6-9-12/h2-10,13H2,1H3,(H,14,15). The molecule has 1 aliphatic carbocycles. The predicted octanol–water partition coefficient (Wildman–Crippen LogP) is 1.95. The molecular weight excluding hydrogens is 188 g/mol. The summed E-state index contributed by atoms with van der Waals surface area (Å²) < 4.78 is 0. The van der Waals surface area contributed by atoms with Gasteiger partial charge in [0.05, 0.1) is 0 Å². The van der Waals surface area contributed by atoms with E-state index in [4.69, 9.17) is 5.73 Å². The Morgan fingerprint density at radius 1 is 1.33 bits per heavy atom. The van der Waals surface area contributed by atoms with Crippen molar-refractivity contribution in [1.82, 2.24) is 5.32 Å². The maximum Gasteiger partial charge on any atom is 0.220 e. The Labute approximate surface area is 92.8 Å². The molecule has 88 valence electrons. The number of nitrogens with one attached hydrogen (secondary N) is 1. The van der Waals surface area contributed by atoms with Crippen molar-refractivity contribution < 1.29 is 4.79 Å². The zero-order valence-electron chi connectivity index (χ0n) is 9.85. The fraction of sp³-hybridized carbons (Fsp3) is 0.917. The summed E-state index contributed by atoms with van der Waals surface area (Å²) in [5.74, 6) is 0.169. The van der Waals surface area contributed by atoms with Gasteiger partial charge in [0.1, 0.15) is 0 Å². The topological polar surface area (TPSA) is 55.1 Å². The Balaban J connectivity index is 1.98. The second-order valence-corrected chi connectivity index (χ2v) is 4.80. The normalized spacial score (nSPS) is 18.3. The molecule has 0 radical (unpaired) electrons. The number of carbonyl (C=O) groups excluding carboxylic acids is 1. The first-order chi connectivity index (χ1) is 7.16. The molecule has 0 aromatic heterocycles. The van der Waals surface area contributed by atoms with Gasteiger partial charge in [0.2, 0.25) is 5.91 Å². The van der Waals surface area contributed by atoms with Gasteiger partial charge >= 0.3 is 0 Å². The van der Waals surface area contributed by atoms with Crippen LogP contribution in [0.15, 0.2) is 0 Å². The second-order valence-electron chi connectivity index (χ2n) is 4.80. The third kappa shape index (κ3) is 4.65. The molecule has 3 nitrogen and oxygen atoms in total. The summed E-state index contributed by atoms with van der Waals surface area (Å²) in [4.78, 5) is 11.4. The molecule has 3 heteroatoms. The number of rotatable bonds is 7. The average molecular weight is 212 g/mol. The lowest BCUT2D eigenvalue weighted by Crippen LogP contribution is -2.54. The molecule has 3 N–H and O–H groups in total. The Kier molecular flexibility index (Phi) is 5.09. The van der Waals surface area contributed by atoms with Gasteiger partial charge in [-0.25, -0.2) is 0 Å². The molecule has 0 bridgehead atoms. The molecule has 0 saturated heterocycles. The van der Waals surface area contributed by atoms with Crippen LogP contribution in [0.25, 0.3) is 0 Å². The molecule has 0 spiro atoms. The van der Waals surface area contributed by atoms with Crippen molar-refractivity contribution in [2.45, 2.75) is 63.8 Å². The van der Waals surface area contributed by atoms with Gasteiger partial charge in [-0.05, 0) is 25.7 Å². The van der Waals surface area contributed by atoms with Crippen LogP contribution >= 0.6 is 0 Å². The van der Waals surface area contributed by atoms with E-state index in [9.17, 15) is 4.79 Å². The monoisotopic (exact) mass is 212 g/mol. The number of hydrogen-bond donors (Lipinski definition) is 2. The first-order valence-corrected chi connectivity index (χ1v) is 6.22. The second kappa shape index (κ2) is 6.11. The highest BCUT2D eigenvalue weighted by Crippen LogP contribution is 2.27. The van der Waals surface area contributed by atoms with Crippen molar-refractivity contribution in [3.05, 3.63) is 0 Å². The SMILES string of the molecule is CCCCCCC(=O)NCC1(N)CCC1. The lowest BCUT2D eigenvalue weighted by Gasteiger charge is -2.38. The largest absolute Gasteiger partial charge is 0.354 e. The molecule has 0 atom stereocenters. The number of unbranched alkanes of at least 4 members (excludes halogenated alkanes) is 3. The lowest BCUT2D eigenvalue weighted by atomic mass is 9.78. The molecule has 0 aromatic carbocycles. The van der Waals surface area contributed by atoms with Crippen molar-refractivity contribution >= 4 is 5.91 Å². The quantitative estimate of drug-likeness (QED) is 0.634. The van der Waals surface area contributed by atoms with Gasteiger partial charge in [-0.15, -0.1) is 0 Å². The van der Waals surface area contributed by atoms with Gasteiger partial charge in [-0.1, -0.05) is 26.2 Å². The molecular formula is C12H24N2O. The van der Waals surface area contributed by atoms with Crippen LogP contribution in [0.1, 0.15) is 58.3 Å². The van der Waals surface area contributed by atoms with Crippen LogP contribution in [0.2, 0.25) is 0 Å². The average Bonchev–Trinajstić information content (AvgIpc) is 2.19. The van der Waals surface area contributed by atoms with E-state index >= 15 is 0 Å². The summed E-state index contributed by atoms with van der Waals surface area (Å²) in [6.45, 7) is 2.84. The van der Waals surface area contributed by atoms with Gasteiger partial charge in [-0.2, -0.15) is 0 Å². The summed E-state index contributed by atoms with van der Waals surface area (Å²) in [6, 6.07) is 0. The van der Waals surface area contributed by atoms with Crippen molar-refractivity contribution in [3.63, 3.8) is 0 Å². The van der Waals surface area contributed by atoms with Gasteiger partial charge in [-0.3, -0.25) is 4.79 Å². The van der Waals surface area contributed by atoms with Crippen LogP contribution in [0.5, 0.6) is 0 Å². The van der Waals surface area contributed by atoms with E-state index in [-0.39, 0.29) is 11.4 Å². The molecule has 0 aromatic rings. The molecule has 1 rings (SSSR count). The van der Waals surface area contributed by atoms with Crippen LogP contribution in [-0.4, -0.2) is 18.0 Å². The summed E-state index contributed by atoms with van der Waals surface area (Å²) in [5, 5.41) is 2.94. The van der Waals surface area contributed by atoms with Gasteiger partial charge in [0, 0.05) is 18.5 Å². The number of nitrogens with two attached hydrogens (primary N) is 1. The van der Waals surface area contributed by atoms with Crippen molar-refractivity contribution in [2.75, 3.05) is 6.54 Å². The van der Waals surface area contributed by atoms with Crippen LogP contribution in [0.3, 0.4) is 0 Å². The summed E-state index contributed by atoms with van der Waals surface area (Å²) >= 11 is 0. The van der Waals surface area contributed by atoms with Gasteiger partial charge in [0.15, 0.2) is 0 Å². The third-order valence-electron chi connectivity index (χ3n) is 3.24. The zero-order chi connectivity index (χ0) is 11.1.